The molecule has 0 fully saturated rings. The molecule has 3 heteroatoms. The smallest absolute Gasteiger partial charge is 0.314 e. The number of carbonyl (C=O) groups excluding carboxylic acids is 1. The quantitative estimate of drug-likeness (QED) is 0.827. The van der Waals surface area contributed by atoms with E-state index in [-0.39, 0.29) is 17.9 Å². The topological polar surface area (TPSA) is 38.3 Å². The molecule has 0 radical (unpaired) electrons. The first-order valence-electron chi connectivity index (χ1n) is 7.13. The first-order chi connectivity index (χ1) is 10.2. The van der Waals surface area contributed by atoms with Crippen LogP contribution in [0.25, 0.3) is 0 Å². The van der Waals surface area contributed by atoms with Crippen molar-refractivity contribution in [1.29, 1.82) is 0 Å². The van der Waals surface area contributed by atoms with Crippen molar-refractivity contribution >= 4 is 5.97 Å². The van der Waals surface area contributed by atoms with Crippen LogP contribution in [0, 0.1) is 0 Å². The lowest BCUT2D eigenvalue weighted by atomic mass is 9.98. The zero-order valence-electron chi connectivity index (χ0n) is 12.5. The standard InChI is InChI=1S/C18H21NO2/c1-14(15-9-5-3-6-10-15)19-13-17(18(20)21-2)16-11-7-4-8-12-16/h3-12,14,17,19H,13H2,1-2H3. The van der Waals surface area contributed by atoms with E-state index in [4.69, 9.17) is 4.74 Å². The van der Waals surface area contributed by atoms with Crippen LogP contribution in [0.2, 0.25) is 0 Å². The summed E-state index contributed by atoms with van der Waals surface area (Å²) in [7, 11) is 1.43. The summed E-state index contributed by atoms with van der Waals surface area (Å²) >= 11 is 0. The molecule has 0 amide bonds. The van der Waals surface area contributed by atoms with Crippen molar-refractivity contribution in [2.75, 3.05) is 13.7 Å². The van der Waals surface area contributed by atoms with Crippen LogP contribution in [0.3, 0.4) is 0 Å². The van der Waals surface area contributed by atoms with E-state index < -0.39 is 0 Å². The molecule has 0 heterocycles. The summed E-state index contributed by atoms with van der Waals surface area (Å²) in [5, 5.41) is 3.41. The van der Waals surface area contributed by atoms with Gasteiger partial charge in [0.25, 0.3) is 0 Å². The van der Waals surface area contributed by atoms with Crippen LogP contribution in [0.15, 0.2) is 60.7 Å². The van der Waals surface area contributed by atoms with Gasteiger partial charge in [0.2, 0.25) is 0 Å². The SMILES string of the molecule is COC(=O)C(CNC(C)c1ccccc1)c1ccccc1. The van der Waals surface area contributed by atoms with Gasteiger partial charge in [-0.3, -0.25) is 4.79 Å². The van der Waals surface area contributed by atoms with Gasteiger partial charge in [-0.2, -0.15) is 0 Å². The highest BCUT2D eigenvalue weighted by Crippen LogP contribution is 2.18. The monoisotopic (exact) mass is 283 g/mol. The summed E-state index contributed by atoms with van der Waals surface area (Å²) < 4.78 is 4.93. The molecule has 0 aliphatic rings. The van der Waals surface area contributed by atoms with E-state index in [1.54, 1.807) is 0 Å². The first kappa shape index (κ1) is 15.3. The molecule has 0 saturated heterocycles. The van der Waals surface area contributed by atoms with E-state index in [0.29, 0.717) is 6.54 Å². The van der Waals surface area contributed by atoms with E-state index in [9.17, 15) is 4.79 Å². The molecule has 2 atom stereocenters. The van der Waals surface area contributed by atoms with Crippen molar-refractivity contribution in [2.24, 2.45) is 0 Å². The first-order valence-corrected chi connectivity index (χ1v) is 7.13. The van der Waals surface area contributed by atoms with Gasteiger partial charge in [-0.15, -0.1) is 0 Å². The van der Waals surface area contributed by atoms with Gasteiger partial charge in [0.05, 0.1) is 13.0 Å². The molecular formula is C18H21NO2. The Bertz CT molecular complexity index is 554. The maximum Gasteiger partial charge on any atom is 0.314 e. The van der Waals surface area contributed by atoms with Crippen molar-refractivity contribution < 1.29 is 9.53 Å². The summed E-state index contributed by atoms with van der Waals surface area (Å²) in [4.78, 5) is 12.0. The Morgan fingerprint density at radius 1 is 1.00 bits per heavy atom. The van der Waals surface area contributed by atoms with Gasteiger partial charge in [0.1, 0.15) is 0 Å². The molecule has 2 unspecified atom stereocenters. The Hall–Kier alpha value is -2.13. The molecule has 21 heavy (non-hydrogen) atoms. The lowest BCUT2D eigenvalue weighted by Crippen LogP contribution is -2.29. The number of benzene rings is 2. The van der Waals surface area contributed by atoms with Crippen LogP contribution >= 0.6 is 0 Å². The van der Waals surface area contributed by atoms with Crippen LogP contribution in [0.5, 0.6) is 0 Å². The second-order valence-corrected chi connectivity index (χ2v) is 5.03. The third-order valence-electron chi connectivity index (χ3n) is 3.62. The van der Waals surface area contributed by atoms with Crippen LogP contribution < -0.4 is 5.32 Å². The molecule has 110 valence electrons. The number of carbonyl (C=O) groups is 1. The highest BCUT2D eigenvalue weighted by Gasteiger charge is 2.21. The Balaban J connectivity index is 2.05. The number of rotatable bonds is 6. The van der Waals surface area contributed by atoms with Crippen molar-refractivity contribution in [1.82, 2.24) is 5.32 Å². The Morgan fingerprint density at radius 2 is 1.52 bits per heavy atom. The van der Waals surface area contributed by atoms with Crippen LogP contribution in [-0.4, -0.2) is 19.6 Å². The molecule has 0 aromatic heterocycles. The summed E-state index contributed by atoms with van der Waals surface area (Å²) in [6.45, 7) is 2.64. The second-order valence-electron chi connectivity index (χ2n) is 5.03. The Kier molecular flexibility index (Phi) is 5.52. The van der Waals surface area contributed by atoms with E-state index in [1.165, 1.54) is 12.7 Å². The minimum atomic E-state index is -0.289. The Labute approximate surface area is 126 Å². The number of ether oxygens (including phenoxy) is 1. The van der Waals surface area contributed by atoms with Crippen LogP contribution in [0.4, 0.5) is 0 Å². The van der Waals surface area contributed by atoms with Crippen molar-refractivity contribution in [3.05, 3.63) is 71.8 Å². The van der Waals surface area contributed by atoms with E-state index in [1.807, 2.05) is 48.5 Å². The van der Waals surface area contributed by atoms with E-state index in [0.717, 1.165) is 5.56 Å². The number of hydrogen-bond donors (Lipinski definition) is 1. The normalized spacial score (nSPS) is 13.4. The van der Waals surface area contributed by atoms with Crippen molar-refractivity contribution in [2.45, 2.75) is 18.9 Å². The fourth-order valence-electron chi connectivity index (χ4n) is 2.32. The van der Waals surface area contributed by atoms with E-state index in [2.05, 4.69) is 24.4 Å². The van der Waals surface area contributed by atoms with Gasteiger partial charge in [0, 0.05) is 12.6 Å². The number of methoxy groups -OCH3 is 1. The molecule has 2 rings (SSSR count). The van der Waals surface area contributed by atoms with Crippen molar-refractivity contribution in [3.63, 3.8) is 0 Å². The van der Waals surface area contributed by atoms with E-state index >= 15 is 0 Å². The van der Waals surface area contributed by atoms with Crippen LogP contribution in [-0.2, 0) is 9.53 Å². The maximum absolute atomic E-state index is 12.0. The predicted octanol–water partition coefficient (Wildman–Crippen LogP) is 3.29. The lowest BCUT2D eigenvalue weighted by Gasteiger charge is -2.20. The largest absolute Gasteiger partial charge is 0.469 e. The summed E-state index contributed by atoms with van der Waals surface area (Å²) in [5.41, 5.74) is 2.17. The summed E-state index contributed by atoms with van der Waals surface area (Å²) in [6.07, 6.45) is 0. The number of nitrogens with one attached hydrogen (secondary N) is 1. The highest BCUT2D eigenvalue weighted by molar-refractivity contribution is 5.78. The second kappa shape index (κ2) is 7.60. The average molecular weight is 283 g/mol. The molecule has 0 bridgehead atoms. The average Bonchev–Trinajstić information content (AvgIpc) is 2.56. The molecule has 0 aliphatic heterocycles. The molecule has 2 aromatic carbocycles. The van der Waals surface area contributed by atoms with Gasteiger partial charge >= 0.3 is 5.97 Å². The summed E-state index contributed by atoms with van der Waals surface area (Å²) in [5.74, 6) is -0.503. The molecule has 3 nitrogen and oxygen atoms in total. The maximum atomic E-state index is 12.0. The molecular weight excluding hydrogens is 262 g/mol. The highest BCUT2D eigenvalue weighted by atomic mass is 16.5. The van der Waals surface area contributed by atoms with Crippen LogP contribution in [0.1, 0.15) is 30.0 Å². The third-order valence-corrected chi connectivity index (χ3v) is 3.62. The van der Waals surface area contributed by atoms with Gasteiger partial charge in [-0.1, -0.05) is 60.7 Å². The minimum absolute atomic E-state index is 0.182. The number of hydrogen-bond acceptors (Lipinski definition) is 3. The molecule has 1 N–H and O–H groups in total. The minimum Gasteiger partial charge on any atom is -0.469 e. The van der Waals surface area contributed by atoms with Gasteiger partial charge in [-0.25, -0.2) is 0 Å². The fourth-order valence-corrected chi connectivity index (χ4v) is 2.32. The molecule has 2 aromatic rings. The van der Waals surface area contributed by atoms with Crippen molar-refractivity contribution in [3.8, 4) is 0 Å². The lowest BCUT2D eigenvalue weighted by molar-refractivity contribution is -0.142. The fraction of sp³-hybridized carbons (Fsp3) is 0.278. The van der Waals surface area contributed by atoms with Gasteiger partial charge in [-0.05, 0) is 18.1 Å². The van der Waals surface area contributed by atoms with Gasteiger partial charge in [0.15, 0.2) is 0 Å². The molecule has 0 spiro atoms. The third kappa shape index (κ3) is 4.17. The molecule has 0 saturated carbocycles. The Morgan fingerprint density at radius 3 is 2.05 bits per heavy atom. The zero-order chi connectivity index (χ0) is 15.1. The predicted molar refractivity (Wildman–Crippen MR) is 84.1 cm³/mol. The zero-order valence-corrected chi connectivity index (χ0v) is 12.5. The number of esters is 1. The molecule has 0 aliphatic carbocycles. The summed E-state index contributed by atoms with van der Waals surface area (Å²) in [6, 6.07) is 20.1. The van der Waals surface area contributed by atoms with Gasteiger partial charge < -0.3 is 10.1 Å².